The Hall–Kier alpha value is -3.68. The van der Waals surface area contributed by atoms with Crippen molar-refractivity contribution < 1.29 is 19.4 Å². The average Bonchev–Trinajstić information content (AvgIpc) is 3.12. The first-order valence-electron chi connectivity index (χ1n) is 7.35. The second-order valence-corrected chi connectivity index (χ2v) is 5.04. The second kappa shape index (κ2) is 7.26. The van der Waals surface area contributed by atoms with Crippen molar-refractivity contribution in [2.75, 3.05) is 5.32 Å². The van der Waals surface area contributed by atoms with Crippen LogP contribution in [0, 0.1) is 0 Å². The first-order valence-corrected chi connectivity index (χ1v) is 7.35. The summed E-state index contributed by atoms with van der Waals surface area (Å²) in [7, 11) is 0. The van der Waals surface area contributed by atoms with E-state index in [1.165, 1.54) is 23.1 Å². The van der Waals surface area contributed by atoms with Crippen LogP contribution in [-0.4, -0.2) is 31.9 Å². The quantitative estimate of drug-likeness (QED) is 0.741. The van der Waals surface area contributed by atoms with Crippen molar-refractivity contribution in [2.45, 2.75) is 6.61 Å². The maximum atomic E-state index is 11.8. The fourth-order valence-corrected chi connectivity index (χ4v) is 2.04. The molecule has 0 aliphatic carbocycles. The highest BCUT2D eigenvalue weighted by atomic mass is 16.5. The molecule has 0 fully saturated rings. The molecular formula is C17H14N4O4. The Morgan fingerprint density at radius 1 is 1.12 bits per heavy atom. The van der Waals surface area contributed by atoms with Crippen molar-refractivity contribution in [1.82, 2.24) is 14.8 Å². The van der Waals surface area contributed by atoms with Crippen LogP contribution in [0.1, 0.15) is 16.1 Å². The van der Waals surface area contributed by atoms with Crippen LogP contribution in [0.2, 0.25) is 0 Å². The summed E-state index contributed by atoms with van der Waals surface area (Å²) in [5, 5.41) is 15.3. The number of pyridine rings is 1. The van der Waals surface area contributed by atoms with E-state index in [0.717, 1.165) is 5.56 Å². The molecule has 0 aliphatic heterocycles. The lowest BCUT2D eigenvalue weighted by molar-refractivity contribution is 0.0690. The first kappa shape index (κ1) is 16.2. The van der Waals surface area contributed by atoms with Crippen LogP contribution >= 0.6 is 0 Å². The van der Waals surface area contributed by atoms with Crippen LogP contribution in [0.5, 0.6) is 0 Å². The smallest absolute Gasteiger partial charge is 0.412 e. The number of anilines is 1. The molecule has 0 atom stereocenters. The number of ether oxygens (including phenoxy) is 1. The van der Waals surface area contributed by atoms with E-state index in [4.69, 9.17) is 9.84 Å². The summed E-state index contributed by atoms with van der Waals surface area (Å²) >= 11 is 0. The zero-order valence-electron chi connectivity index (χ0n) is 13.0. The normalized spacial score (nSPS) is 10.2. The molecule has 0 bridgehead atoms. The van der Waals surface area contributed by atoms with E-state index in [1.54, 1.807) is 12.1 Å². The topological polar surface area (TPSA) is 106 Å². The highest BCUT2D eigenvalue weighted by Crippen LogP contribution is 2.11. The molecular weight excluding hydrogens is 324 g/mol. The molecule has 0 spiro atoms. The third-order valence-corrected chi connectivity index (χ3v) is 3.25. The molecule has 8 nitrogen and oxygen atoms in total. The molecule has 0 saturated heterocycles. The molecule has 0 saturated carbocycles. The van der Waals surface area contributed by atoms with Gasteiger partial charge in [-0.25, -0.2) is 19.3 Å². The molecule has 1 aromatic carbocycles. The van der Waals surface area contributed by atoms with Crippen molar-refractivity contribution in [3.05, 3.63) is 72.2 Å². The van der Waals surface area contributed by atoms with Crippen LogP contribution in [-0.2, 0) is 11.3 Å². The zero-order valence-corrected chi connectivity index (χ0v) is 13.0. The van der Waals surface area contributed by atoms with E-state index in [9.17, 15) is 9.59 Å². The molecule has 1 amide bonds. The predicted molar refractivity (Wildman–Crippen MR) is 88.6 cm³/mol. The average molecular weight is 338 g/mol. The zero-order chi connectivity index (χ0) is 17.6. The lowest BCUT2D eigenvalue weighted by atomic mass is 10.2. The number of hydrogen-bond acceptors (Lipinski definition) is 5. The number of benzene rings is 1. The highest BCUT2D eigenvalue weighted by molar-refractivity contribution is 5.85. The Morgan fingerprint density at radius 2 is 1.92 bits per heavy atom. The van der Waals surface area contributed by atoms with Gasteiger partial charge in [-0.2, -0.15) is 5.10 Å². The monoisotopic (exact) mass is 338 g/mol. The maximum Gasteiger partial charge on any atom is 0.412 e. The molecule has 2 heterocycles. The number of hydrogen-bond donors (Lipinski definition) is 2. The van der Waals surface area contributed by atoms with Gasteiger partial charge in [-0.3, -0.25) is 5.32 Å². The summed E-state index contributed by atoms with van der Waals surface area (Å²) in [6.45, 7) is 0.170. The molecule has 8 heteroatoms. The van der Waals surface area contributed by atoms with Crippen molar-refractivity contribution in [1.29, 1.82) is 0 Å². The number of nitrogens with one attached hydrogen (secondary N) is 1. The molecule has 0 unspecified atom stereocenters. The van der Waals surface area contributed by atoms with Crippen molar-refractivity contribution in [3.63, 3.8) is 0 Å². The summed E-state index contributed by atoms with van der Waals surface area (Å²) in [5.74, 6) is -0.686. The second-order valence-electron chi connectivity index (χ2n) is 5.04. The van der Waals surface area contributed by atoms with Gasteiger partial charge in [0.05, 0.1) is 11.9 Å². The van der Waals surface area contributed by atoms with Gasteiger partial charge in [0.15, 0.2) is 11.5 Å². The molecule has 126 valence electrons. The van der Waals surface area contributed by atoms with Crippen molar-refractivity contribution in [3.8, 4) is 5.82 Å². The Bertz CT molecular complexity index is 875. The molecule has 2 aromatic heterocycles. The number of nitrogens with zero attached hydrogens (tertiary/aromatic N) is 3. The Labute approximate surface area is 142 Å². The summed E-state index contributed by atoms with van der Waals surface area (Å²) in [4.78, 5) is 26.7. The van der Waals surface area contributed by atoms with Gasteiger partial charge in [0, 0.05) is 6.20 Å². The molecule has 2 N–H and O–H groups in total. The molecule has 3 rings (SSSR count). The first-order chi connectivity index (χ1) is 12.1. The fraction of sp³-hybridized carbons (Fsp3) is 0.0588. The third-order valence-electron chi connectivity index (χ3n) is 3.25. The van der Waals surface area contributed by atoms with Crippen LogP contribution in [0.15, 0.2) is 60.9 Å². The molecule has 0 aliphatic rings. The van der Waals surface area contributed by atoms with Gasteiger partial charge in [0.2, 0.25) is 0 Å². The predicted octanol–water partition coefficient (Wildman–Crippen LogP) is 2.71. The van der Waals surface area contributed by atoms with E-state index in [-0.39, 0.29) is 12.3 Å². The standard InChI is InChI=1S/C17H14N4O4/c22-16(23)14-8-9-21(20-14)15-7-6-13(10-18-15)19-17(24)25-11-12-4-2-1-3-5-12/h1-10H,11H2,(H,19,24)(H,22,23). The van der Waals surface area contributed by atoms with Crippen LogP contribution in [0.4, 0.5) is 10.5 Å². The number of aromatic carboxylic acids is 1. The third kappa shape index (κ3) is 4.20. The number of carboxylic acid groups (broad SMARTS) is 1. The lowest BCUT2D eigenvalue weighted by Gasteiger charge is -2.07. The van der Waals surface area contributed by atoms with Crippen molar-refractivity contribution in [2.24, 2.45) is 0 Å². The van der Waals surface area contributed by atoms with Gasteiger partial charge in [0.25, 0.3) is 0 Å². The Kier molecular flexibility index (Phi) is 4.70. The van der Waals surface area contributed by atoms with Crippen LogP contribution in [0.3, 0.4) is 0 Å². The van der Waals surface area contributed by atoms with Crippen LogP contribution < -0.4 is 5.32 Å². The summed E-state index contributed by atoms with van der Waals surface area (Å²) in [5.41, 5.74) is 1.26. The lowest BCUT2D eigenvalue weighted by Crippen LogP contribution is -2.13. The minimum Gasteiger partial charge on any atom is -0.476 e. The summed E-state index contributed by atoms with van der Waals surface area (Å²) in [6.07, 6.45) is 2.33. The van der Waals surface area contributed by atoms with E-state index in [2.05, 4.69) is 15.4 Å². The van der Waals surface area contributed by atoms with E-state index in [0.29, 0.717) is 11.5 Å². The van der Waals surface area contributed by atoms with Gasteiger partial charge >= 0.3 is 12.1 Å². The van der Waals surface area contributed by atoms with Gasteiger partial charge in [-0.05, 0) is 23.8 Å². The SMILES string of the molecule is O=C(Nc1ccc(-n2ccc(C(=O)O)n2)nc1)OCc1ccccc1. The van der Waals surface area contributed by atoms with Gasteiger partial charge in [-0.1, -0.05) is 30.3 Å². The fourth-order valence-electron chi connectivity index (χ4n) is 2.04. The van der Waals surface area contributed by atoms with Gasteiger partial charge < -0.3 is 9.84 Å². The Balaban J connectivity index is 1.58. The van der Waals surface area contributed by atoms with Crippen LogP contribution in [0.25, 0.3) is 5.82 Å². The van der Waals surface area contributed by atoms with Gasteiger partial charge in [-0.15, -0.1) is 0 Å². The molecule has 0 radical (unpaired) electrons. The van der Waals surface area contributed by atoms with E-state index < -0.39 is 12.1 Å². The summed E-state index contributed by atoms with van der Waals surface area (Å²) < 4.78 is 6.45. The number of amides is 1. The number of carbonyl (C=O) groups excluding carboxylic acids is 1. The molecule has 25 heavy (non-hydrogen) atoms. The number of carbonyl (C=O) groups is 2. The minimum atomic E-state index is -1.11. The summed E-state index contributed by atoms with van der Waals surface area (Å²) in [6, 6.07) is 13.9. The van der Waals surface area contributed by atoms with E-state index in [1.807, 2.05) is 30.3 Å². The minimum absolute atomic E-state index is 0.0755. The number of aromatic nitrogens is 3. The Morgan fingerprint density at radius 3 is 2.56 bits per heavy atom. The number of rotatable bonds is 5. The van der Waals surface area contributed by atoms with Gasteiger partial charge in [0.1, 0.15) is 6.61 Å². The number of carboxylic acids is 1. The molecule has 3 aromatic rings. The highest BCUT2D eigenvalue weighted by Gasteiger charge is 2.09. The largest absolute Gasteiger partial charge is 0.476 e. The van der Waals surface area contributed by atoms with Crippen molar-refractivity contribution >= 4 is 17.7 Å². The van der Waals surface area contributed by atoms with E-state index >= 15 is 0 Å². The maximum absolute atomic E-state index is 11.8.